The molecule has 9 nitrogen and oxygen atoms in total. The first-order valence-corrected chi connectivity index (χ1v) is 12.8. The van der Waals surface area contributed by atoms with Gasteiger partial charge in [0.05, 0.1) is 10.6 Å². The van der Waals surface area contributed by atoms with Crippen molar-refractivity contribution in [3.63, 3.8) is 0 Å². The molecule has 1 aromatic heterocycles. The first-order chi connectivity index (χ1) is 16.8. The number of carbonyl (C=O) groups excluding carboxylic acids is 2. The van der Waals surface area contributed by atoms with E-state index in [0.29, 0.717) is 0 Å². The molecule has 3 aromatic rings. The summed E-state index contributed by atoms with van der Waals surface area (Å²) in [5, 5.41) is 2.52. The number of nitrogens with one attached hydrogen (secondary N) is 1. The Morgan fingerprint density at radius 1 is 1.00 bits per heavy atom. The number of esters is 1. The number of hydrogen-bond acceptors (Lipinski definition) is 7. The van der Waals surface area contributed by atoms with Gasteiger partial charge in [-0.2, -0.15) is 0 Å². The molecule has 0 aliphatic heterocycles. The maximum atomic E-state index is 12.9. The zero-order chi connectivity index (χ0) is 26.5. The predicted octanol–water partition coefficient (Wildman–Crippen LogP) is 3.92. The van der Waals surface area contributed by atoms with Crippen LogP contribution in [0.2, 0.25) is 0 Å². The van der Waals surface area contributed by atoms with E-state index >= 15 is 0 Å². The van der Waals surface area contributed by atoms with Crippen LogP contribution in [0.1, 0.15) is 43.2 Å². The summed E-state index contributed by atoms with van der Waals surface area (Å²) in [4.78, 5) is 29.5. The Hall–Kier alpha value is -3.66. The number of nitrogens with zero attached hydrogens (tertiary/aromatic N) is 2. The number of imidazole rings is 1. The number of aryl methyl sites for hydroxylation is 2. The van der Waals surface area contributed by atoms with Crippen LogP contribution < -0.4 is 5.32 Å². The van der Waals surface area contributed by atoms with Crippen molar-refractivity contribution in [1.29, 1.82) is 0 Å². The predicted molar refractivity (Wildman–Crippen MR) is 134 cm³/mol. The van der Waals surface area contributed by atoms with Gasteiger partial charge in [-0.25, -0.2) is 27.0 Å². The van der Waals surface area contributed by atoms with Crippen LogP contribution in [0.4, 0.5) is 4.79 Å². The number of carbonyl (C=O) groups is 2. The minimum atomic E-state index is -3.86. The van der Waals surface area contributed by atoms with E-state index in [4.69, 9.17) is 9.47 Å². The van der Waals surface area contributed by atoms with Crippen LogP contribution in [-0.4, -0.2) is 41.1 Å². The fraction of sp³-hybridized carbons (Fsp3) is 0.346. The SMILES string of the molecule is Cc1ccc(COC(=O)[C@H](Cc2cn(S(=O)(=O)c3ccc(C)cc3)cn2)NC(=O)OC(C)(C)C)cc1. The molecular formula is C26H31N3O6S. The van der Waals surface area contributed by atoms with Gasteiger partial charge in [-0.15, -0.1) is 0 Å². The van der Waals surface area contributed by atoms with Crippen LogP contribution in [0.15, 0.2) is 66.0 Å². The summed E-state index contributed by atoms with van der Waals surface area (Å²) in [5.41, 5.74) is 2.30. The second-order valence-corrected chi connectivity index (χ2v) is 11.4. The summed E-state index contributed by atoms with van der Waals surface area (Å²) >= 11 is 0. The third kappa shape index (κ3) is 7.42. The molecule has 1 amide bonds. The Labute approximate surface area is 211 Å². The van der Waals surface area contributed by atoms with E-state index in [2.05, 4.69) is 10.3 Å². The van der Waals surface area contributed by atoms with Crippen molar-refractivity contribution < 1.29 is 27.5 Å². The minimum absolute atomic E-state index is 0.0157. The van der Waals surface area contributed by atoms with Crippen molar-refractivity contribution in [2.24, 2.45) is 0 Å². The molecule has 3 rings (SSSR count). The van der Waals surface area contributed by atoms with Crippen LogP contribution in [0.25, 0.3) is 0 Å². The lowest BCUT2D eigenvalue weighted by atomic mass is 10.1. The van der Waals surface area contributed by atoms with Gasteiger partial charge in [0.2, 0.25) is 0 Å². The molecule has 0 spiro atoms. The van der Waals surface area contributed by atoms with Crippen molar-refractivity contribution in [2.45, 2.75) is 64.2 Å². The topological polar surface area (TPSA) is 117 Å². The highest BCUT2D eigenvalue weighted by Crippen LogP contribution is 2.16. The van der Waals surface area contributed by atoms with E-state index in [0.717, 1.165) is 27.0 Å². The molecule has 1 N–H and O–H groups in total. The number of rotatable bonds is 8. The normalized spacial score (nSPS) is 12.6. The van der Waals surface area contributed by atoms with Crippen LogP contribution in [0.5, 0.6) is 0 Å². The van der Waals surface area contributed by atoms with Gasteiger partial charge < -0.3 is 14.8 Å². The van der Waals surface area contributed by atoms with Crippen molar-refractivity contribution in [1.82, 2.24) is 14.3 Å². The van der Waals surface area contributed by atoms with Crippen molar-refractivity contribution in [2.75, 3.05) is 0 Å². The number of aromatic nitrogens is 2. The fourth-order valence-corrected chi connectivity index (χ4v) is 4.36. The van der Waals surface area contributed by atoms with Crippen LogP contribution in [-0.2, 0) is 37.3 Å². The molecule has 0 fully saturated rings. The quantitative estimate of drug-likeness (QED) is 0.454. The molecular weight excluding hydrogens is 482 g/mol. The highest BCUT2D eigenvalue weighted by Gasteiger charge is 2.27. The number of alkyl carbamates (subject to hydrolysis) is 1. The third-order valence-corrected chi connectivity index (χ3v) is 6.72. The molecule has 2 aromatic carbocycles. The molecule has 0 aliphatic rings. The van der Waals surface area contributed by atoms with Gasteiger partial charge in [0.1, 0.15) is 24.6 Å². The largest absolute Gasteiger partial charge is 0.459 e. The first-order valence-electron chi connectivity index (χ1n) is 11.4. The average molecular weight is 514 g/mol. The van der Waals surface area contributed by atoms with E-state index in [1.807, 2.05) is 38.1 Å². The Kier molecular flexibility index (Phi) is 8.19. The lowest BCUT2D eigenvalue weighted by molar-refractivity contribution is -0.147. The van der Waals surface area contributed by atoms with E-state index in [1.165, 1.54) is 18.3 Å². The molecule has 36 heavy (non-hydrogen) atoms. The molecule has 192 valence electrons. The molecule has 0 saturated carbocycles. The Bertz CT molecular complexity index is 1310. The maximum absolute atomic E-state index is 12.9. The number of ether oxygens (including phenoxy) is 2. The van der Waals surface area contributed by atoms with E-state index in [-0.39, 0.29) is 23.6 Å². The molecule has 0 aliphatic carbocycles. The lowest BCUT2D eigenvalue weighted by Gasteiger charge is -2.22. The molecule has 0 radical (unpaired) electrons. The summed E-state index contributed by atoms with van der Waals surface area (Å²) < 4.78 is 37.6. The molecule has 10 heteroatoms. The van der Waals surface area contributed by atoms with Gasteiger partial charge in [-0.1, -0.05) is 47.5 Å². The Balaban J connectivity index is 1.77. The first kappa shape index (κ1) is 26.9. The molecule has 0 saturated heterocycles. The standard InChI is InChI=1S/C26H31N3O6S/c1-18-6-10-20(11-7-18)16-34-24(30)23(28-25(31)35-26(3,4)5)14-21-15-29(17-27-21)36(32,33)22-12-8-19(2)9-13-22/h6-13,15,17,23H,14,16H2,1-5H3,(H,28,31)/t23-/m0/s1. The highest BCUT2D eigenvalue weighted by molar-refractivity contribution is 7.90. The smallest absolute Gasteiger partial charge is 0.408 e. The average Bonchev–Trinajstić information content (AvgIpc) is 3.26. The van der Waals surface area contributed by atoms with E-state index < -0.39 is 33.7 Å². The van der Waals surface area contributed by atoms with Crippen molar-refractivity contribution >= 4 is 22.1 Å². The van der Waals surface area contributed by atoms with E-state index in [9.17, 15) is 18.0 Å². The fourth-order valence-electron chi connectivity index (χ4n) is 3.21. The number of benzene rings is 2. The maximum Gasteiger partial charge on any atom is 0.408 e. The van der Waals surface area contributed by atoms with Gasteiger partial charge in [0, 0.05) is 12.6 Å². The van der Waals surface area contributed by atoms with Gasteiger partial charge in [0.25, 0.3) is 10.0 Å². The zero-order valence-electron chi connectivity index (χ0n) is 21.0. The third-order valence-electron chi connectivity index (χ3n) is 5.10. The molecule has 0 bridgehead atoms. The van der Waals surface area contributed by atoms with Gasteiger partial charge >= 0.3 is 12.1 Å². The van der Waals surface area contributed by atoms with Crippen molar-refractivity contribution in [3.05, 3.63) is 83.4 Å². The number of amides is 1. The summed E-state index contributed by atoms with van der Waals surface area (Å²) in [7, 11) is -3.86. The van der Waals surface area contributed by atoms with Gasteiger partial charge in [0.15, 0.2) is 0 Å². The second-order valence-electron chi connectivity index (χ2n) is 9.51. The second kappa shape index (κ2) is 10.9. The Morgan fingerprint density at radius 3 is 2.17 bits per heavy atom. The summed E-state index contributed by atoms with van der Waals surface area (Å²) in [6, 6.07) is 12.8. The Morgan fingerprint density at radius 2 is 1.58 bits per heavy atom. The van der Waals surface area contributed by atoms with Crippen LogP contribution in [0, 0.1) is 13.8 Å². The zero-order valence-corrected chi connectivity index (χ0v) is 21.8. The van der Waals surface area contributed by atoms with E-state index in [1.54, 1.807) is 32.9 Å². The van der Waals surface area contributed by atoms with Gasteiger partial charge in [-0.3, -0.25) is 0 Å². The summed E-state index contributed by atoms with van der Waals surface area (Å²) in [6.07, 6.45) is 1.58. The summed E-state index contributed by atoms with van der Waals surface area (Å²) in [6.45, 7) is 8.94. The molecule has 0 unspecified atom stereocenters. The van der Waals surface area contributed by atoms with Crippen molar-refractivity contribution in [3.8, 4) is 0 Å². The summed E-state index contributed by atoms with van der Waals surface area (Å²) in [5.74, 6) is -0.697. The molecule has 1 heterocycles. The molecule has 1 atom stereocenters. The number of hydrogen-bond donors (Lipinski definition) is 1. The van der Waals surface area contributed by atoms with Crippen LogP contribution >= 0.6 is 0 Å². The highest BCUT2D eigenvalue weighted by atomic mass is 32.2. The van der Waals surface area contributed by atoms with Crippen LogP contribution in [0.3, 0.4) is 0 Å². The monoisotopic (exact) mass is 513 g/mol. The lowest BCUT2D eigenvalue weighted by Crippen LogP contribution is -2.45. The van der Waals surface area contributed by atoms with Gasteiger partial charge in [-0.05, 0) is 52.3 Å². The minimum Gasteiger partial charge on any atom is -0.459 e.